The molecule has 1 aromatic heterocycles. The number of benzene rings is 1. The topological polar surface area (TPSA) is 80.7 Å². The molecule has 29 heavy (non-hydrogen) atoms. The molecule has 4 rings (SSSR count). The molecule has 0 aliphatic carbocycles. The number of piperidine rings is 1. The maximum atomic E-state index is 11.8. The number of sulfone groups is 1. The maximum absolute atomic E-state index is 11.8. The molecule has 2 aliphatic heterocycles. The van der Waals surface area contributed by atoms with Gasteiger partial charge in [-0.2, -0.15) is 0 Å². The van der Waals surface area contributed by atoms with Gasteiger partial charge in [0, 0.05) is 21.9 Å². The highest BCUT2D eigenvalue weighted by Crippen LogP contribution is 2.41. The van der Waals surface area contributed by atoms with E-state index in [2.05, 4.69) is 32.9 Å². The highest BCUT2D eigenvalue weighted by atomic mass is 127. The van der Waals surface area contributed by atoms with E-state index in [0.717, 1.165) is 46.0 Å². The third-order valence-corrected chi connectivity index (χ3v) is 7.87. The van der Waals surface area contributed by atoms with Crippen molar-refractivity contribution >= 4 is 50.1 Å². The molecule has 2 aliphatic rings. The van der Waals surface area contributed by atoms with E-state index in [9.17, 15) is 8.42 Å². The van der Waals surface area contributed by atoms with Gasteiger partial charge in [0.2, 0.25) is 0 Å². The Hall–Kier alpha value is -1.17. The van der Waals surface area contributed by atoms with Crippen LogP contribution in [0.4, 0.5) is 0 Å². The number of pyridine rings is 1. The van der Waals surface area contributed by atoms with Crippen LogP contribution in [-0.2, 0) is 14.6 Å². The molecule has 0 spiro atoms. The van der Waals surface area contributed by atoms with Gasteiger partial charge < -0.3 is 10.1 Å². The van der Waals surface area contributed by atoms with Gasteiger partial charge in [-0.3, -0.25) is 0 Å². The molecule has 1 saturated heterocycles. The van der Waals surface area contributed by atoms with Crippen molar-refractivity contribution in [3.8, 4) is 0 Å². The van der Waals surface area contributed by atoms with E-state index in [0.29, 0.717) is 10.8 Å². The van der Waals surface area contributed by atoms with Gasteiger partial charge in [-0.15, -0.1) is 0 Å². The molecule has 2 unspecified atom stereocenters. The van der Waals surface area contributed by atoms with Crippen LogP contribution >= 0.6 is 34.4 Å². The van der Waals surface area contributed by atoms with E-state index in [4.69, 9.17) is 9.73 Å². The molecule has 1 N–H and O–H groups in total. The van der Waals surface area contributed by atoms with Crippen molar-refractivity contribution in [2.45, 2.75) is 34.2 Å². The van der Waals surface area contributed by atoms with Crippen molar-refractivity contribution in [1.82, 2.24) is 10.3 Å². The average molecular weight is 543 g/mol. The molecule has 3 heterocycles. The van der Waals surface area contributed by atoms with Crippen LogP contribution in [0.2, 0.25) is 0 Å². The van der Waals surface area contributed by atoms with Crippen LogP contribution in [-0.4, -0.2) is 44.1 Å². The van der Waals surface area contributed by atoms with Crippen molar-refractivity contribution in [1.29, 1.82) is 0 Å². The summed E-state index contributed by atoms with van der Waals surface area (Å²) in [6.45, 7) is 1.94. The molecule has 6 nitrogen and oxygen atoms in total. The lowest BCUT2D eigenvalue weighted by Crippen LogP contribution is -2.32. The Balaban J connectivity index is 1.61. The van der Waals surface area contributed by atoms with Crippen molar-refractivity contribution in [3.05, 3.63) is 51.7 Å². The Bertz CT molecular complexity index is 989. The molecular formula is C20H22IN3O3S2. The quantitative estimate of drug-likeness (QED) is 0.580. The van der Waals surface area contributed by atoms with Crippen LogP contribution in [0.15, 0.2) is 57.5 Å². The van der Waals surface area contributed by atoms with E-state index in [1.807, 2.05) is 30.5 Å². The van der Waals surface area contributed by atoms with Gasteiger partial charge in [0.15, 0.2) is 21.2 Å². The normalized spacial score (nSPS) is 22.9. The number of rotatable bonds is 5. The van der Waals surface area contributed by atoms with E-state index in [1.165, 1.54) is 6.26 Å². The van der Waals surface area contributed by atoms with Gasteiger partial charge >= 0.3 is 0 Å². The zero-order valence-corrected chi connectivity index (χ0v) is 19.7. The fourth-order valence-electron chi connectivity index (χ4n) is 3.47. The van der Waals surface area contributed by atoms with E-state index in [1.54, 1.807) is 23.9 Å². The molecule has 2 aromatic rings. The van der Waals surface area contributed by atoms with Crippen LogP contribution in [0.5, 0.6) is 0 Å². The Morgan fingerprint density at radius 1 is 1.14 bits per heavy atom. The van der Waals surface area contributed by atoms with Gasteiger partial charge in [0.25, 0.3) is 0 Å². The molecule has 1 fully saturated rings. The molecule has 9 heteroatoms. The fraction of sp³-hybridized carbons (Fsp3) is 0.400. The minimum Gasteiger partial charge on any atom is -0.464 e. The summed E-state index contributed by atoms with van der Waals surface area (Å²) in [6, 6.07) is 10.8. The van der Waals surface area contributed by atoms with E-state index in [-0.39, 0.29) is 11.5 Å². The summed E-state index contributed by atoms with van der Waals surface area (Å²) in [5.74, 6) is 1.14. The summed E-state index contributed by atoms with van der Waals surface area (Å²) in [7, 11) is -3.23. The zero-order chi connectivity index (χ0) is 20.4. The van der Waals surface area contributed by atoms with E-state index >= 15 is 0 Å². The lowest BCUT2D eigenvalue weighted by atomic mass is 9.98. The predicted octanol–water partition coefficient (Wildman–Crippen LogP) is 3.68. The number of thioether (sulfide) groups is 1. The highest BCUT2D eigenvalue weighted by Gasteiger charge is 2.37. The van der Waals surface area contributed by atoms with Gasteiger partial charge in [0.05, 0.1) is 9.92 Å². The monoisotopic (exact) mass is 543 g/mol. The molecule has 0 saturated carbocycles. The third-order valence-electron chi connectivity index (χ3n) is 5.04. The fourth-order valence-corrected chi connectivity index (χ4v) is 5.41. The molecular weight excluding hydrogens is 521 g/mol. The molecule has 1 aromatic carbocycles. The Morgan fingerprint density at radius 2 is 1.86 bits per heavy atom. The molecule has 2 atom stereocenters. The lowest BCUT2D eigenvalue weighted by molar-refractivity contribution is 0.256. The molecule has 0 radical (unpaired) electrons. The van der Waals surface area contributed by atoms with Gasteiger partial charge in [-0.05, 0) is 78.4 Å². The molecule has 0 bridgehead atoms. The summed E-state index contributed by atoms with van der Waals surface area (Å²) in [4.78, 5) is 9.74. The van der Waals surface area contributed by atoms with Crippen molar-refractivity contribution in [3.63, 3.8) is 0 Å². The van der Waals surface area contributed by atoms with Crippen LogP contribution in [0.1, 0.15) is 24.4 Å². The Labute approximate surface area is 189 Å². The van der Waals surface area contributed by atoms with Crippen LogP contribution in [0, 0.1) is 9.49 Å². The maximum Gasteiger partial charge on any atom is 0.188 e. The lowest BCUT2D eigenvalue weighted by Gasteiger charge is -2.23. The minimum atomic E-state index is -3.23. The summed E-state index contributed by atoms with van der Waals surface area (Å²) in [5, 5.41) is 4.26. The molecule has 154 valence electrons. The molecule has 0 amide bonds. The van der Waals surface area contributed by atoms with Crippen LogP contribution in [0.25, 0.3) is 0 Å². The summed E-state index contributed by atoms with van der Waals surface area (Å²) < 4.78 is 31.0. The van der Waals surface area contributed by atoms with Crippen LogP contribution < -0.4 is 5.32 Å². The van der Waals surface area contributed by atoms with Crippen molar-refractivity contribution in [2.24, 2.45) is 10.9 Å². The number of ether oxygens (including phenoxy) is 1. The van der Waals surface area contributed by atoms with Gasteiger partial charge in [-0.25, -0.2) is 18.4 Å². The second-order valence-electron chi connectivity index (χ2n) is 7.20. The first-order chi connectivity index (χ1) is 13.9. The third kappa shape index (κ3) is 5.12. The SMILES string of the molecule is CS(=O)(=O)c1ccc(C2N=C(C3CCNCC3)OC2Sc2ccc(I)cn2)cc1. The summed E-state index contributed by atoms with van der Waals surface area (Å²) in [6.07, 6.45) is 5.08. The number of nitrogens with zero attached hydrogens (tertiary/aromatic N) is 2. The Morgan fingerprint density at radius 3 is 2.48 bits per heavy atom. The van der Waals surface area contributed by atoms with Crippen LogP contribution in [0.3, 0.4) is 0 Å². The Kier molecular flexibility index (Phi) is 6.47. The smallest absolute Gasteiger partial charge is 0.188 e. The number of hydrogen-bond acceptors (Lipinski definition) is 7. The van der Waals surface area contributed by atoms with Gasteiger partial charge in [0.1, 0.15) is 6.04 Å². The van der Waals surface area contributed by atoms with Crippen molar-refractivity contribution < 1.29 is 13.2 Å². The standard InChI is InChI=1S/C20H22IN3O3S2/c1-29(25,26)16-5-2-13(3-6-16)18-20(28-17-7-4-15(21)12-23-17)27-19(24-18)14-8-10-22-11-9-14/h2-7,12,14,18,20,22H,8-11H2,1H3. The second kappa shape index (κ2) is 8.91. The number of hydrogen-bond donors (Lipinski definition) is 1. The minimum absolute atomic E-state index is 0.195. The van der Waals surface area contributed by atoms with E-state index < -0.39 is 9.84 Å². The first kappa shape index (κ1) is 21.1. The number of nitrogens with one attached hydrogen (secondary N) is 1. The number of aromatic nitrogens is 1. The highest BCUT2D eigenvalue weighted by molar-refractivity contribution is 14.1. The number of halogens is 1. The average Bonchev–Trinajstić information content (AvgIpc) is 3.14. The zero-order valence-electron chi connectivity index (χ0n) is 15.9. The summed E-state index contributed by atoms with van der Waals surface area (Å²) in [5.41, 5.74) is 0.723. The second-order valence-corrected chi connectivity index (χ2v) is 11.6. The first-order valence-electron chi connectivity index (χ1n) is 9.43. The predicted molar refractivity (Wildman–Crippen MR) is 123 cm³/mol. The van der Waals surface area contributed by atoms with Crippen molar-refractivity contribution in [2.75, 3.05) is 19.3 Å². The summed E-state index contributed by atoms with van der Waals surface area (Å²) >= 11 is 3.79. The number of aliphatic imine (C=N–C) groups is 1. The van der Waals surface area contributed by atoms with Gasteiger partial charge in [-0.1, -0.05) is 23.9 Å². The first-order valence-corrected chi connectivity index (χ1v) is 13.3. The largest absolute Gasteiger partial charge is 0.464 e.